The van der Waals surface area contributed by atoms with Gasteiger partial charge in [0, 0.05) is 38.3 Å². The fourth-order valence-electron chi connectivity index (χ4n) is 3.47. The van der Waals surface area contributed by atoms with Gasteiger partial charge in [0.2, 0.25) is 0 Å². The quantitative estimate of drug-likeness (QED) is 0.623. The lowest BCUT2D eigenvalue weighted by atomic mass is 9.97. The Labute approximate surface area is 136 Å². The molecule has 3 rings (SSSR count). The highest BCUT2D eigenvalue weighted by Gasteiger charge is 2.24. The number of piperidine rings is 1. The molecule has 0 amide bonds. The van der Waals surface area contributed by atoms with Gasteiger partial charge in [0.1, 0.15) is 12.0 Å². The van der Waals surface area contributed by atoms with Crippen molar-refractivity contribution in [3.8, 4) is 0 Å². The van der Waals surface area contributed by atoms with Crippen molar-refractivity contribution in [1.82, 2.24) is 9.88 Å². The Kier molecular flexibility index (Phi) is 5.07. The number of aryl methyl sites for hydroxylation is 1. The highest BCUT2D eigenvalue weighted by molar-refractivity contribution is 5.48. The SMILES string of the molecule is Cc1cc(N2CCC[C@H](CN3CCOCC3)C2)ncc1[N+](=O)[O-]. The van der Waals surface area contributed by atoms with E-state index in [0.29, 0.717) is 11.5 Å². The van der Waals surface area contributed by atoms with Crippen LogP contribution in [0.3, 0.4) is 0 Å². The summed E-state index contributed by atoms with van der Waals surface area (Å²) < 4.78 is 5.41. The molecule has 126 valence electrons. The van der Waals surface area contributed by atoms with E-state index in [-0.39, 0.29) is 10.6 Å². The van der Waals surface area contributed by atoms with Crippen molar-refractivity contribution >= 4 is 11.5 Å². The summed E-state index contributed by atoms with van der Waals surface area (Å²) in [5.74, 6) is 1.49. The third-order valence-corrected chi connectivity index (χ3v) is 4.73. The molecule has 0 saturated carbocycles. The monoisotopic (exact) mass is 320 g/mol. The Hall–Kier alpha value is -1.73. The lowest BCUT2D eigenvalue weighted by Crippen LogP contribution is -2.44. The minimum atomic E-state index is -0.371. The molecule has 2 saturated heterocycles. The van der Waals surface area contributed by atoms with E-state index in [9.17, 15) is 10.1 Å². The van der Waals surface area contributed by atoms with E-state index in [2.05, 4.69) is 14.8 Å². The first kappa shape index (κ1) is 16.1. The molecule has 1 atom stereocenters. The van der Waals surface area contributed by atoms with Crippen molar-refractivity contribution in [3.05, 3.63) is 27.9 Å². The molecule has 0 radical (unpaired) electrons. The van der Waals surface area contributed by atoms with E-state index in [1.807, 2.05) is 6.07 Å². The summed E-state index contributed by atoms with van der Waals surface area (Å²) in [5, 5.41) is 10.9. The number of ether oxygens (including phenoxy) is 1. The predicted molar refractivity (Wildman–Crippen MR) is 87.8 cm³/mol. The molecular formula is C16H24N4O3. The molecule has 2 aliphatic heterocycles. The van der Waals surface area contributed by atoms with Gasteiger partial charge in [-0.3, -0.25) is 15.0 Å². The lowest BCUT2D eigenvalue weighted by Gasteiger charge is -2.37. The molecule has 0 aromatic carbocycles. The molecule has 7 heteroatoms. The summed E-state index contributed by atoms with van der Waals surface area (Å²) in [6, 6.07) is 1.84. The van der Waals surface area contributed by atoms with Gasteiger partial charge >= 0.3 is 0 Å². The maximum Gasteiger partial charge on any atom is 0.290 e. The van der Waals surface area contributed by atoms with Gasteiger partial charge in [0.05, 0.1) is 18.1 Å². The topological polar surface area (TPSA) is 71.7 Å². The summed E-state index contributed by atoms with van der Waals surface area (Å²) in [7, 11) is 0. The Morgan fingerprint density at radius 2 is 2.17 bits per heavy atom. The van der Waals surface area contributed by atoms with Crippen molar-refractivity contribution in [3.63, 3.8) is 0 Å². The van der Waals surface area contributed by atoms with Crippen LogP contribution >= 0.6 is 0 Å². The van der Waals surface area contributed by atoms with Crippen LogP contribution in [0.15, 0.2) is 12.3 Å². The van der Waals surface area contributed by atoms with E-state index < -0.39 is 0 Å². The lowest BCUT2D eigenvalue weighted by molar-refractivity contribution is -0.385. The Morgan fingerprint density at radius 3 is 2.87 bits per heavy atom. The molecule has 2 aliphatic rings. The fourth-order valence-corrected chi connectivity index (χ4v) is 3.47. The second-order valence-electron chi connectivity index (χ2n) is 6.45. The standard InChI is InChI=1S/C16H24N4O3/c1-13-9-16(17-10-15(13)20(21)22)19-4-2-3-14(12-19)11-18-5-7-23-8-6-18/h9-10,14H,2-8,11-12H2,1H3/t14-/m1/s1. The molecule has 0 bridgehead atoms. The molecule has 2 fully saturated rings. The Morgan fingerprint density at radius 1 is 1.39 bits per heavy atom. The van der Waals surface area contributed by atoms with Crippen LogP contribution in [0.2, 0.25) is 0 Å². The summed E-state index contributed by atoms with van der Waals surface area (Å²) in [6.07, 6.45) is 3.77. The minimum Gasteiger partial charge on any atom is -0.379 e. The molecular weight excluding hydrogens is 296 g/mol. The molecule has 0 spiro atoms. The smallest absolute Gasteiger partial charge is 0.290 e. The summed E-state index contributed by atoms with van der Waals surface area (Å²) >= 11 is 0. The molecule has 3 heterocycles. The third kappa shape index (κ3) is 3.97. The number of aromatic nitrogens is 1. The predicted octanol–water partition coefficient (Wildman–Crippen LogP) is 1.85. The first-order valence-corrected chi connectivity index (χ1v) is 8.29. The van der Waals surface area contributed by atoms with Crippen molar-refractivity contribution in [1.29, 1.82) is 0 Å². The highest BCUT2D eigenvalue weighted by atomic mass is 16.6. The second-order valence-corrected chi connectivity index (χ2v) is 6.45. The van der Waals surface area contributed by atoms with Gasteiger partial charge in [0.25, 0.3) is 5.69 Å². The average molecular weight is 320 g/mol. The number of hydrogen-bond donors (Lipinski definition) is 0. The first-order valence-electron chi connectivity index (χ1n) is 8.29. The van der Waals surface area contributed by atoms with Crippen molar-refractivity contribution in [2.24, 2.45) is 5.92 Å². The molecule has 1 aromatic rings. The Bertz CT molecular complexity index is 560. The van der Waals surface area contributed by atoms with Crippen molar-refractivity contribution in [2.45, 2.75) is 19.8 Å². The van der Waals surface area contributed by atoms with E-state index in [4.69, 9.17) is 4.74 Å². The molecule has 0 aliphatic carbocycles. The normalized spacial score (nSPS) is 23.0. The summed E-state index contributed by atoms with van der Waals surface area (Å²) in [6.45, 7) is 8.53. The zero-order valence-corrected chi connectivity index (χ0v) is 13.6. The highest BCUT2D eigenvalue weighted by Crippen LogP contribution is 2.26. The van der Waals surface area contributed by atoms with Gasteiger partial charge in [-0.25, -0.2) is 4.98 Å². The van der Waals surface area contributed by atoms with Crippen molar-refractivity contribution in [2.75, 3.05) is 50.8 Å². The average Bonchev–Trinajstić information content (AvgIpc) is 2.55. The zero-order chi connectivity index (χ0) is 16.2. The number of anilines is 1. The van der Waals surface area contributed by atoms with Crippen LogP contribution in [0.4, 0.5) is 11.5 Å². The van der Waals surface area contributed by atoms with Crippen LogP contribution in [0, 0.1) is 23.0 Å². The van der Waals surface area contributed by atoms with Gasteiger partial charge in [-0.05, 0) is 31.7 Å². The number of pyridine rings is 1. The zero-order valence-electron chi connectivity index (χ0n) is 13.6. The second kappa shape index (κ2) is 7.23. The fraction of sp³-hybridized carbons (Fsp3) is 0.688. The molecule has 0 N–H and O–H groups in total. The van der Waals surface area contributed by atoms with Crippen LogP contribution in [-0.4, -0.2) is 60.7 Å². The molecule has 23 heavy (non-hydrogen) atoms. The third-order valence-electron chi connectivity index (χ3n) is 4.73. The van der Waals surface area contributed by atoms with Gasteiger partial charge in [-0.2, -0.15) is 0 Å². The number of rotatable bonds is 4. The number of nitro groups is 1. The van der Waals surface area contributed by atoms with E-state index >= 15 is 0 Å². The van der Waals surface area contributed by atoms with E-state index in [1.165, 1.54) is 12.6 Å². The minimum absolute atomic E-state index is 0.0932. The van der Waals surface area contributed by atoms with Gasteiger partial charge in [-0.15, -0.1) is 0 Å². The number of nitrogens with zero attached hydrogens (tertiary/aromatic N) is 4. The van der Waals surface area contributed by atoms with E-state index in [0.717, 1.165) is 58.2 Å². The van der Waals surface area contributed by atoms with Crippen LogP contribution < -0.4 is 4.90 Å². The van der Waals surface area contributed by atoms with Crippen LogP contribution in [0.5, 0.6) is 0 Å². The summed E-state index contributed by atoms with van der Waals surface area (Å²) in [5.41, 5.74) is 0.769. The number of morpholine rings is 1. The molecule has 1 aromatic heterocycles. The van der Waals surface area contributed by atoms with Gasteiger partial charge < -0.3 is 9.64 Å². The first-order chi connectivity index (χ1) is 11.1. The van der Waals surface area contributed by atoms with Crippen molar-refractivity contribution < 1.29 is 9.66 Å². The van der Waals surface area contributed by atoms with Crippen LogP contribution in [0.1, 0.15) is 18.4 Å². The maximum absolute atomic E-state index is 10.9. The molecule has 7 nitrogen and oxygen atoms in total. The summed E-state index contributed by atoms with van der Waals surface area (Å²) in [4.78, 5) is 19.6. The van der Waals surface area contributed by atoms with Gasteiger partial charge in [-0.1, -0.05) is 0 Å². The van der Waals surface area contributed by atoms with Crippen LogP contribution in [-0.2, 0) is 4.74 Å². The maximum atomic E-state index is 10.9. The van der Waals surface area contributed by atoms with Crippen LogP contribution in [0.25, 0.3) is 0 Å². The van der Waals surface area contributed by atoms with Gasteiger partial charge in [0.15, 0.2) is 0 Å². The molecule has 0 unspecified atom stereocenters. The Balaban J connectivity index is 1.63. The van der Waals surface area contributed by atoms with E-state index in [1.54, 1.807) is 6.92 Å². The largest absolute Gasteiger partial charge is 0.379 e. The number of hydrogen-bond acceptors (Lipinski definition) is 6.